The Labute approximate surface area is 182 Å². The summed E-state index contributed by atoms with van der Waals surface area (Å²) in [7, 11) is 2.92. The summed E-state index contributed by atoms with van der Waals surface area (Å²) in [5.74, 6) is 1.25. The molecule has 0 bridgehead atoms. The molecule has 6 nitrogen and oxygen atoms in total. The molecule has 2 heterocycles. The van der Waals surface area contributed by atoms with Gasteiger partial charge in [-0.3, -0.25) is 4.40 Å². The van der Waals surface area contributed by atoms with E-state index in [0.717, 1.165) is 17.4 Å². The lowest BCUT2D eigenvalue weighted by molar-refractivity contribution is -0.137. The number of nitrogens with one attached hydrogen (secondary N) is 1. The minimum Gasteiger partial charge on any atom is -0.497 e. The van der Waals surface area contributed by atoms with Crippen molar-refractivity contribution in [1.29, 1.82) is 0 Å². The number of benzene rings is 2. The van der Waals surface area contributed by atoms with Crippen LogP contribution in [0.15, 0.2) is 60.8 Å². The lowest BCUT2D eigenvalue weighted by Crippen LogP contribution is -2.13. The molecule has 0 amide bonds. The maximum absolute atomic E-state index is 13.7. The third kappa shape index (κ3) is 4.05. The molecule has 2 aromatic carbocycles. The quantitative estimate of drug-likeness (QED) is 0.421. The van der Waals surface area contributed by atoms with E-state index in [2.05, 4.69) is 15.5 Å². The van der Waals surface area contributed by atoms with Crippen molar-refractivity contribution < 1.29 is 22.6 Å². The average Bonchev–Trinajstić information content (AvgIpc) is 3.29. The smallest absolute Gasteiger partial charge is 0.417 e. The second kappa shape index (κ2) is 8.41. The summed E-state index contributed by atoms with van der Waals surface area (Å²) in [4.78, 5) is 0. The fourth-order valence-corrected chi connectivity index (χ4v) is 3.52. The molecule has 1 N–H and O–H groups in total. The highest BCUT2D eigenvalue weighted by Crippen LogP contribution is 2.40. The van der Waals surface area contributed by atoms with Gasteiger partial charge in [0, 0.05) is 11.8 Å². The van der Waals surface area contributed by atoms with Crippen LogP contribution in [-0.4, -0.2) is 28.8 Å². The molecule has 9 heteroatoms. The first-order chi connectivity index (χ1) is 15.3. The van der Waals surface area contributed by atoms with Gasteiger partial charge in [0.2, 0.25) is 5.95 Å². The molecule has 0 saturated heterocycles. The fraction of sp³-hybridized carbons (Fsp3) is 0.217. The standard InChI is InChI=1S/C23H21F3N4O2/c1-14(15-6-4-7-16(12-15)31-2)27-22-29-28-21(20-8-5-11-30(20)22)18-10-9-17(32-3)13-19(18)23(24,25)26/h4-14H,1-3H3,(H,27,29). The number of aromatic nitrogens is 3. The molecular weight excluding hydrogens is 421 g/mol. The molecule has 2 aromatic heterocycles. The number of ether oxygens (including phenoxy) is 2. The van der Waals surface area contributed by atoms with Crippen LogP contribution >= 0.6 is 0 Å². The lowest BCUT2D eigenvalue weighted by atomic mass is 10.0. The Morgan fingerprint density at radius 2 is 1.69 bits per heavy atom. The van der Waals surface area contributed by atoms with E-state index in [1.807, 2.05) is 31.2 Å². The predicted molar refractivity (Wildman–Crippen MR) is 115 cm³/mol. The first-order valence-corrected chi connectivity index (χ1v) is 9.81. The van der Waals surface area contributed by atoms with Crippen LogP contribution in [0, 0.1) is 0 Å². The Balaban J connectivity index is 1.75. The molecule has 1 atom stereocenters. The Bertz CT molecular complexity index is 1250. The Morgan fingerprint density at radius 1 is 0.938 bits per heavy atom. The van der Waals surface area contributed by atoms with Crippen LogP contribution < -0.4 is 14.8 Å². The fourth-order valence-electron chi connectivity index (χ4n) is 3.52. The van der Waals surface area contributed by atoms with E-state index in [0.29, 0.717) is 11.5 Å². The molecule has 0 aliphatic heterocycles. The summed E-state index contributed by atoms with van der Waals surface area (Å²) in [6.07, 6.45) is -2.85. The van der Waals surface area contributed by atoms with Crippen LogP contribution in [0.5, 0.6) is 11.5 Å². The summed E-state index contributed by atoms with van der Waals surface area (Å²) in [5.41, 5.74) is 0.687. The summed E-state index contributed by atoms with van der Waals surface area (Å²) in [6.45, 7) is 1.95. The predicted octanol–water partition coefficient (Wildman–Crippen LogP) is 5.61. The van der Waals surface area contributed by atoms with Gasteiger partial charge in [-0.2, -0.15) is 13.2 Å². The maximum Gasteiger partial charge on any atom is 0.417 e. The van der Waals surface area contributed by atoms with Crippen molar-refractivity contribution in [2.24, 2.45) is 0 Å². The van der Waals surface area contributed by atoms with Gasteiger partial charge in [-0.1, -0.05) is 12.1 Å². The highest BCUT2D eigenvalue weighted by atomic mass is 19.4. The second-order valence-corrected chi connectivity index (χ2v) is 7.19. The van der Waals surface area contributed by atoms with E-state index in [4.69, 9.17) is 9.47 Å². The Kier molecular flexibility index (Phi) is 5.65. The zero-order valence-corrected chi connectivity index (χ0v) is 17.6. The number of methoxy groups -OCH3 is 2. The SMILES string of the molecule is COc1cccc(C(C)Nc2nnc(-c3ccc(OC)cc3C(F)(F)F)c3cccn23)c1. The van der Waals surface area contributed by atoms with Crippen LogP contribution in [0.2, 0.25) is 0 Å². The number of hydrogen-bond acceptors (Lipinski definition) is 5. The van der Waals surface area contributed by atoms with Crippen molar-refractivity contribution in [1.82, 2.24) is 14.6 Å². The van der Waals surface area contributed by atoms with Gasteiger partial charge in [0.1, 0.15) is 17.2 Å². The molecule has 1 unspecified atom stereocenters. The van der Waals surface area contributed by atoms with Crippen LogP contribution in [0.4, 0.5) is 19.1 Å². The molecule has 0 fully saturated rings. The van der Waals surface area contributed by atoms with Crippen LogP contribution in [0.1, 0.15) is 24.1 Å². The minimum atomic E-state index is -4.58. The third-order valence-electron chi connectivity index (χ3n) is 5.19. The first-order valence-electron chi connectivity index (χ1n) is 9.81. The maximum atomic E-state index is 13.7. The first kappa shape index (κ1) is 21.5. The molecular formula is C23H21F3N4O2. The molecule has 4 rings (SSSR count). The molecule has 0 aliphatic carbocycles. The summed E-state index contributed by atoms with van der Waals surface area (Å²) in [6, 6.07) is 14.7. The Hall–Kier alpha value is -3.75. The van der Waals surface area contributed by atoms with Gasteiger partial charge < -0.3 is 14.8 Å². The molecule has 32 heavy (non-hydrogen) atoms. The Morgan fingerprint density at radius 3 is 2.41 bits per heavy atom. The number of hydrogen-bond donors (Lipinski definition) is 1. The van der Waals surface area contributed by atoms with E-state index < -0.39 is 11.7 Å². The van der Waals surface area contributed by atoms with Crippen molar-refractivity contribution >= 4 is 11.5 Å². The number of nitrogens with zero attached hydrogens (tertiary/aromatic N) is 3. The van der Waals surface area contributed by atoms with Crippen molar-refractivity contribution in [3.05, 3.63) is 71.9 Å². The number of rotatable bonds is 6. The van der Waals surface area contributed by atoms with Crippen molar-refractivity contribution in [3.63, 3.8) is 0 Å². The number of alkyl halides is 3. The van der Waals surface area contributed by atoms with Crippen LogP contribution in [0.25, 0.3) is 16.8 Å². The van der Waals surface area contributed by atoms with Gasteiger partial charge in [0.15, 0.2) is 0 Å². The monoisotopic (exact) mass is 442 g/mol. The molecule has 0 saturated carbocycles. The summed E-state index contributed by atoms with van der Waals surface area (Å²) >= 11 is 0. The minimum absolute atomic E-state index is 0.0677. The van der Waals surface area contributed by atoms with Crippen molar-refractivity contribution in [2.45, 2.75) is 19.1 Å². The number of halogens is 3. The summed E-state index contributed by atoms with van der Waals surface area (Å²) < 4.78 is 53.2. The molecule has 0 radical (unpaired) electrons. The highest BCUT2D eigenvalue weighted by molar-refractivity contribution is 5.80. The van der Waals surface area contributed by atoms with E-state index in [1.165, 1.54) is 19.2 Å². The number of anilines is 1. The van der Waals surface area contributed by atoms with Gasteiger partial charge in [0.05, 0.1) is 31.3 Å². The van der Waals surface area contributed by atoms with Crippen LogP contribution in [-0.2, 0) is 6.18 Å². The van der Waals surface area contributed by atoms with E-state index >= 15 is 0 Å². The average molecular weight is 442 g/mol. The highest BCUT2D eigenvalue weighted by Gasteiger charge is 2.35. The van der Waals surface area contributed by atoms with Gasteiger partial charge in [-0.05, 0) is 55.0 Å². The molecule has 4 aromatic rings. The second-order valence-electron chi connectivity index (χ2n) is 7.19. The van der Waals surface area contributed by atoms with Crippen molar-refractivity contribution in [3.8, 4) is 22.8 Å². The zero-order valence-electron chi connectivity index (χ0n) is 17.6. The van der Waals surface area contributed by atoms with Gasteiger partial charge in [-0.15, -0.1) is 10.2 Å². The topological polar surface area (TPSA) is 60.7 Å². The third-order valence-corrected chi connectivity index (χ3v) is 5.19. The van der Waals surface area contributed by atoms with Crippen molar-refractivity contribution in [2.75, 3.05) is 19.5 Å². The molecule has 0 spiro atoms. The summed E-state index contributed by atoms with van der Waals surface area (Å²) in [5, 5.41) is 11.6. The van der Waals surface area contributed by atoms with E-state index in [1.54, 1.807) is 29.8 Å². The number of fused-ring (bicyclic) bond motifs is 1. The van der Waals surface area contributed by atoms with Crippen LogP contribution in [0.3, 0.4) is 0 Å². The van der Waals surface area contributed by atoms with Gasteiger partial charge >= 0.3 is 6.18 Å². The largest absolute Gasteiger partial charge is 0.497 e. The lowest BCUT2D eigenvalue weighted by Gasteiger charge is -2.18. The molecule has 166 valence electrons. The molecule has 0 aliphatic rings. The van der Waals surface area contributed by atoms with E-state index in [9.17, 15) is 13.2 Å². The zero-order chi connectivity index (χ0) is 22.9. The van der Waals surface area contributed by atoms with E-state index in [-0.39, 0.29) is 23.0 Å². The van der Waals surface area contributed by atoms with Gasteiger partial charge in [-0.25, -0.2) is 0 Å². The van der Waals surface area contributed by atoms with Gasteiger partial charge in [0.25, 0.3) is 0 Å². The normalized spacial score (nSPS) is 12.6.